The Balaban J connectivity index is 1.27. The van der Waals surface area contributed by atoms with Crippen molar-refractivity contribution in [1.29, 1.82) is 0 Å². The van der Waals surface area contributed by atoms with Gasteiger partial charge in [-0.2, -0.15) is 0 Å². The van der Waals surface area contributed by atoms with Gasteiger partial charge in [0.05, 0.1) is 5.56 Å². The minimum Gasteiger partial charge on any atom is -0.452 e. The van der Waals surface area contributed by atoms with Gasteiger partial charge < -0.3 is 14.1 Å². The predicted octanol–water partition coefficient (Wildman–Crippen LogP) is 3.47. The molecule has 2 heterocycles. The van der Waals surface area contributed by atoms with Gasteiger partial charge in [0.25, 0.3) is 5.91 Å². The van der Waals surface area contributed by atoms with Crippen molar-refractivity contribution in [1.82, 2.24) is 9.88 Å². The van der Waals surface area contributed by atoms with E-state index in [9.17, 15) is 9.59 Å². The highest BCUT2D eigenvalue weighted by atomic mass is 16.5. The minimum absolute atomic E-state index is 0.154. The first kappa shape index (κ1) is 18.2. The van der Waals surface area contributed by atoms with Gasteiger partial charge in [-0.1, -0.05) is 36.4 Å². The monoisotopic (exact) mass is 378 g/mol. The van der Waals surface area contributed by atoms with Gasteiger partial charge in [0.15, 0.2) is 18.6 Å². The van der Waals surface area contributed by atoms with Crippen LogP contribution in [0.1, 0.15) is 28.8 Å². The summed E-state index contributed by atoms with van der Waals surface area (Å²) in [7, 11) is 0. The zero-order valence-electron chi connectivity index (χ0n) is 15.5. The molecular formula is C22H22N2O4. The number of ether oxygens (including phenoxy) is 1. The van der Waals surface area contributed by atoms with E-state index in [-0.39, 0.29) is 12.5 Å². The standard InChI is InChI=1S/C22H22N2O4/c25-20(14-27-22(26)18-7-4-8-19-21(18)23-15-28-19)24-11-9-17(10-12-24)13-16-5-2-1-3-6-16/h1-8,15,17H,9-14H2. The average Bonchev–Trinajstić information content (AvgIpc) is 3.22. The molecule has 0 atom stereocenters. The zero-order valence-corrected chi connectivity index (χ0v) is 15.5. The molecule has 0 aliphatic carbocycles. The van der Waals surface area contributed by atoms with Gasteiger partial charge >= 0.3 is 5.97 Å². The number of benzene rings is 2. The fraction of sp³-hybridized carbons (Fsp3) is 0.318. The molecule has 0 unspecified atom stereocenters. The zero-order chi connectivity index (χ0) is 19.3. The van der Waals surface area contributed by atoms with Crippen molar-refractivity contribution in [2.24, 2.45) is 5.92 Å². The van der Waals surface area contributed by atoms with Crippen molar-refractivity contribution in [3.63, 3.8) is 0 Å². The molecule has 1 fully saturated rings. The van der Waals surface area contributed by atoms with Crippen LogP contribution in [-0.2, 0) is 16.0 Å². The summed E-state index contributed by atoms with van der Waals surface area (Å²) in [6.07, 6.45) is 4.26. The first-order valence-electron chi connectivity index (χ1n) is 9.52. The predicted molar refractivity (Wildman–Crippen MR) is 104 cm³/mol. The number of hydrogen-bond acceptors (Lipinski definition) is 5. The third kappa shape index (κ3) is 4.06. The molecule has 144 valence electrons. The molecule has 1 aliphatic heterocycles. The van der Waals surface area contributed by atoms with Crippen LogP contribution in [0.25, 0.3) is 11.1 Å². The summed E-state index contributed by atoms with van der Waals surface area (Å²) in [5, 5.41) is 0. The highest BCUT2D eigenvalue weighted by molar-refractivity contribution is 6.01. The van der Waals surface area contributed by atoms with Crippen molar-refractivity contribution < 1.29 is 18.7 Å². The molecule has 1 aliphatic rings. The molecule has 0 radical (unpaired) electrons. The SMILES string of the molecule is O=C(OCC(=O)N1CCC(Cc2ccccc2)CC1)c1cccc2ocnc12. The van der Waals surface area contributed by atoms with E-state index in [1.807, 2.05) is 6.07 Å². The smallest absolute Gasteiger partial charge is 0.340 e. The lowest BCUT2D eigenvalue weighted by Crippen LogP contribution is -2.41. The van der Waals surface area contributed by atoms with E-state index in [1.54, 1.807) is 23.1 Å². The van der Waals surface area contributed by atoms with Crippen LogP contribution in [-0.4, -0.2) is 41.5 Å². The lowest BCUT2D eigenvalue weighted by atomic mass is 9.90. The van der Waals surface area contributed by atoms with Crippen LogP contribution in [0.2, 0.25) is 0 Å². The van der Waals surface area contributed by atoms with Crippen molar-refractivity contribution in [2.45, 2.75) is 19.3 Å². The van der Waals surface area contributed by atoms with E-state index in [1.165, 1.54) is 12.0 Å². The van der Waals surface area contributed by atoms with Gasteiger partial charge in [0.1, 0.15) is 5.52 Å². The number of likely N-dealkylation sites (tertiary alicyclic amines) is 1. The number of rotatable bonds is 5. The molecule has 2 aromatic carbocycles. The van der Waals surface area contributed by atoms with Crippen LogP contribution in [0.5, 0.6) is 0 Å². The lowest BCUT2D eigenvalue weighted by Gasteiger charge is -2.32. The number of amides is 1. The Morgan fingerprint density at radius 3 is 2.64 bits per heavy atom. The van der Waals surface area contributed by atoms with Gasteiger partial charge in [0.2, 0.25) is 0 Å². The fourth-order valence-electron chi connectivity index (χ4n) is 3.68. The Hall–Kier alpha value is -3.15. The molecule has 4 rings (SSSR count). The largest absolute Gasteiger partial charge is 0.452 e. The molecule has 1 aromatic heterocycles. The third-order valence-electron chi connectivity index (χ3n) is 5.24. The summed E-state index contributed by atoms with van der Waals surface area (Å²) < 4.78 is 10.4. The molecule has 28 heavy (non-hydrogen) atoms. The molecular weight excluding hydrogens is 356 g/mol. The van der Waals surface area contributed by atoms with Gasteiger partial charge in [-0.15, -0.1) is 0 Å². The minimum atomic E-state index is -0.563. The van der Waals surface area contributed by atoms with Crippen LogP contribution < -0.4 is 0 Å². The summed E-state index contributed by atoms with van der Waals surface area (Å²) in [5.74, 6) is -0.135. The van der Waals surface area contributed by atoms with Crippen LogP contribution in [0.15, 0.2) is 59.3 Å². The molecule has 0 bridgehead atoms. The number of piperidine rings is 1. The van der Waals surface area contributed by atoms with Gasteiger partial charge in [-0.05, 0) is 42.9 Å². The van der Waals surface area contributed by atoms with Crippen LogP contribution in [0.4, 0.5) is 0 Å². The Bertz CT molecular complexity index is 959. The van der Waals surface area contributed by atoms with Crippen LogP contribution >= 0.6 is 0 Å². The maximum absolute atomic E-state index is 12.4. The first-order valence-corrected chi connectivity index (χ1v) is 9.52. The van der Waals surface area contributed by atoms with Crippen molar-refractivity contribution in [3.05, 3.63) is 66.1 Å². The number of carbonyl (C=O) groups is 2. The fourth-order valence-corrected chi connectivity index (χ4v) is 3.68. The summed E-state index contributed by atoms with van der Waals surface area (Å²) in [6, 6.07) is 15.5. The Kier molecular flexibility index (Phi) is 5.37. The highest BCUT2D eigenvalue weighted by Gasteiger charge is 2.24. The Labute approximate surface area is 163 Å². The molecule has 3 aromatic rings. The average molecular weight is 378 g/mol. The molecule has 0 N–H and O–H groups in total. The number of nitrogens with zero attached hydrogens (tertiary/aromatic N) is 2. The van der Waals surface area contributed by atoms with E-state index in [0.717, 1.165) is 19.3 Å². The third-order valence-corrected chi connectivity index (χ3v) is 5.24. The number of aromatic nitrogens is 1. The first-order chi connectivity index (χ1) is 13.7. The van der Waals surface area contributed by atoms with Gasteiger partial charge in [-0.25, -0.2) is 9.78 Å². The van der Waals surface area contributed by atoms with Crippen molar-refractivity contribution >= 4 is 23.0 Å². The molecule has 0 saturated carbocycles. The summed E-state index contributed by atoms with van der Waals surface area (Å²) in [6.45, 7) is 1.15. The van der Waals surface area contributed by atoms with Crippen molar-refractivity contribution in [3.8, 4) is 0 Å². The normalized spacial score (nSPS) is 14.9. The second-order valence-electron chi connectivity index (χ2n) is 7.09. The van der Waals surface area contributed by atoms with Gasteiger partial charge in [-0.3, -0.25) is 4.79 Å². The topological polar surface area (TPSA) is 72.6 Å². The molecule has 0 spiro atoms. The number of carbonyl (C=O) groups excluding carboxylic acids is 2. The number of hydrogen-bond donors (Lipinski definition) is 0. The molecule has 6 nitrogen and oxygen atoms in total. The number of fused-ring (bicyclic) bond motifs is 1. The second kappa shape index (κ2) is 8.25. The second-order valence-corrected chi connectivity index (χ2v) is 7.09. The van der Waals surface area contributed by atoms with Gasteiger partial charge in [0, 0.05) is 13.1 Å². The maximum atomic E-state index is 12.4. The number of esters is 1. The van der Waals surface area contributed by atoms with E-state index >= 15 is 0 Å². The summed E-state index contributed by atoms with van der Waals surface area (Å²) >= 11 is 0. The van der Waals surface area contributed by atoms with E-state index in [4.69, 9.17) is 9.15 Å². The van der Waals surface area contributed by atoms with Crippen molar-refractivity contribution in [2.75, 3.05) is 19.7 Å². The quantitative estimate of drug-likeness (QED) is 0.636. The van der Waals surface area contributed by atoms with E-state index in [2.05, 4.69) is 29.2 Å². The van der Waals surface area contributed by atoms with E-state index < -0.39 is 5.97 Å². The van der Waals surface area contributed by atoms with Crippen LogP contribution in [0, 0.1) is 5.92 Å². The molecule has 1 saturated heterocycles. The summed E-state index contributed by atoms with van der Waals surface area (Å²) in [5.41, 5.74) is 2.60. The summed E-state index contributed by atoms with van der Waals surface area (Å²) in [4.78, 5) is 30.6. The lowest BCUT2D eigenvalue weighted by molar-refractivity contribution is -0.135. The maximum Gasteiger partial charge on any atom is 0.340 e. The molecule has 6 heteroatoms. The Morgan fingerprint density at radius 1 is 1.07 bits per heavy atom. The highest BCUT2D eigenvalue weighted by Crippen LogP contribution is 2.22. The van der Waals surface area contributed by atoms with E-state index in [0.29, 0.717) is 35.7 Å². The molecule has 1 amide bonds. The number of oxazole rings is 1. The van der Waals surface area contributed by atoms with Crippen LogP contribution in [0.3, 0.4) is 0 Å². The number of para-hydroxylation sites is 1. The Morgan fingerprint density at radius 2 is 1.86 bits per heavy atom.